The standard InChI is InChI=1S/C18H18BrN3O4/c1-3-26-15-9-12(8-14(19)16(15)23)10-20-22-18(25)17(24)21-13-6-4-5-11(2)7-13/h4-10,23H,3H2,1-2H3,(H,21,24)(H,22,25)/b20-10-. The van der Waals surface area contributed by atoms with E-state index in [0.717, 1.165) is 5.56 Å². The summed E-state index contributed by atoms with van der Waals surface area (Å²) in [6, 6.07) is 10.3. The molecule has 26 heavy (non-hydrogen) atoms. The number of hydrogen-bond acceptors (Lipinski definition) is 5. The molecular weight excluding hydrogens is 402 g/mol. The van der Waals surface area contributed by atoms with Crippen molar-refractivity contribution in [1.82, 2.24) is 5.43 Å². The number of hydrogen-bond donors (Lipinski definition) is 3. The summed E-state index contributed by atoms with van der Waals surface area (Å²) in [4.78, 5) is 23.6. The number of aryl methyl sites for hydroxylation is 1. The molecule has 0 aliphatic heterocycles. The van der Waals surface area contributed by atoms with Crippen LogP contribution in [0.25, 0.3) is 0 Å². The molecule has 2 aromatic carbocycles. The number of carbonyl (C=O) groups excluding carboxylic acids is 2. The van der Waals surface area contributed by atoms with E-state index in [1.807, 2.05) is 13.0 Å². The molecule has 3 N–H and O–H groups in total. The third kappa shape index (κ3) is 5.32. The number of anilines is 1. The molecule has 0 aliphatic rings. The number of phenolic OH excluding ortho intramolecular Hbond substituents is 1. The van der Waals surface area contributed by atoms with Crippen LogP contribution in [0, 0.1) is 6.92 Å². The summed E-state index contributed by atoms with van der Waals surface area (Å²) in [7, 11) is 0. The average molecular weight is 420 g/mol. The number of aromatic hydroxyl groups is 1. The Morgan fingerprint density at radius 3 is 2.73 bits per heavy atom. The molecule has 0 heterocycles. The molecule has 2 rings (SSSR count). The van der Waals surface area contributed by atoms with Gasteiger partial charge < -0.3 is 15.2 Å². The molecule has 0 saturated carbocycles. The number of halogens is 1. The summed E-state index contributed by atoms with van der Waals surface area (Å²) in [5.74, 6) is -1.46. The number of phenols is 1. The smallest absolute Gasteiger partial charge is 0.329 e. The van der Waals surface area contributed by atoms with E-state index in [-0.39, 0.29) is 11.5 Å². The highest BCUT2D eigenvalue weighted by molar-refractivity contribution is 9.10. The lowest BCUT2D eigenvalue weighted by Gasteiger charge is -2.08. The molecule has 0 aliphatic carbocycles. The van der Waals surface area contributed by atoms with Crippen molar-refractivity contribution < 1.29 is 19.4 Å². The van der Waals surface area contributed by atoms with E-state index in [4.69, 9.17) is 4.74 Å². The average Bonchev–Trinajstić information content (AvgIpc) is 2.59. The predicted octanol–water partition coefficient (Wildman–Crippen LogP) is 2.95. The molecule has 0 aromatic heterocycles. The summed E-state index contributed by atoms with van der Waals surface area (Å²) in [6.45, 7) is 4.06. The molecule has 0 unspecified atom stereocenters. The van der Waals surface area contributed by atoms with Gasteiger partial charge >= 0.3 is 11.8 Å². The third-order valence-corrected chi connectivity index (χ3v) is 3.82. The molecule has 7 nitrogen and oxygen atoms in total. The van der Waals surface area contributed by atoms with Gasteiger partial charge in [0.2, 0.25) is 0 Å². The number of ether oxygens (including phenoxy) is 1. The minimum absolute atomic E-state index is 0.0226. The Morgan fingerprint density at radius 1 is 1.27 bits per heavy atom. The number of nitrogens with zero attached hydrogens (tertiary/aromatic N) is 1. The Morgan fingerprint density at radius 2 is 2.04 bits per heavy atom. The Kier molecular flexibility index (Phi) is 6.74. The SMILES string of the molecule is CCOc1cc(/C=N\NC(=O)C(=O)Nc2cccc(C)c2)cc(Br)c1O. The van der Waals surface area contributed by atoms with Crippen molar-refractivity contribution in [3.05, 3.63) is 52.0 Å². The molecule has 0 atom stereocenters. The van der Waals surface area contributed by atoms with Gasteiger partial charge in [0.25, 0.3) is 0 Å². The van der Waals surface area contributed by atoms with E-state index < -0.39 is 11.8 Å². The number of carbonyl (C=O) groups is 2. The lowest BCUT2D eigenvalue weighted by atomic mass is 10.2. The molecule has 0 spiro atoms. The first kappa shape index (κ1) is 19.5. The van der Waals surface area contributed by atoms with Crippen LogP contribution in [0.1, 0.15) is 18.1 Å². The Hall–Kier alpha value is -2.87. The monoisotopic (exact) mass is 419 g/mol. The Balaban J connectivity index is 1.99. The maximum atomic E-state index is 11.8. The van der Waals surface area contributed by atoms with E-state index >= 15 is 0 Å². The minimum atomic E-state index is -0.898. The van der Waals surface area contributed by atoms with Crippen LogP contribution in [-0.4, -0.2) is 29.7 Å². The first-order chi connectivity index (χ1) is 12.4. The first-order valence-electron chi connectivity index (χ1n) is 7.77. The molecule has 136 valence electrons. The zero-order valence-electron chi connectivity index (χ0n) is 14.2. The lowest BCUT2D eigenvalue weighted by Crippen LogP contribution is -2.32. The van der Waals surface area contributed by atoms with E-state index in [1.165, 1.54) is 6.21 Å². The summed E-state index contributed by atoms with van der Waals surface area (Å²) >= 11 is 3.21. The van der Waals surface area contributed by atoms with Gasteiger partial charge in [-0.3, -0.25) is 9.59 Å². The second kappa shape index (κ2) is 9.00. The maximum absolute atomic E-state index is 11.8. The van der Waals surface area contributed by atoms with Crippen molar-refractivity contribution in [3.8, 4) is 11.5 Å². The quantitative estimate of drug-likeness (QED) is 0.394. The maximum Gasteiger partial charge on any atom is 0.329 e. The van der Waals surface area contributed by atoms with Crippen molar-refractivity contribution >= 4 is 39.6 Å². The minimum Gasteiger partial charge on any atom is -0.503 e. The highest BCUT2D eigenvalue weighted by atomic mass is 79.9. The number of benzene rings is 2. The normalized spacial score (nSPS) is 10.6. The molecule has 0 radical (unpaired) electrons. The topological polar surface area (TPSA) is 100 Å². The van der Waals surface area contributed by atoms with Crippen LogP contribution < -0.4 is 15.5 Å². The zero-order valence-corrected chi connectivity index (χ0v) is 15.8. The van der Waals surface area contributed by atoms with Crippen LogP contribution in [0.4, 0.5) is 5.69 Å². The molecule has 2 aromatic rings. The van der Waals surface area contributed by atoms with Crippen LogP contribution in [0.2, 0.25) is 0 Å². The van der Waals surface area contributed by atoms with Gasteiger partial charge in [-0.2, -0.15) is 5.10 Å². The van der Waals surface area contributed by atoms with Gasteiger partial charge in [0, 0.05) is 5.69 Å². The van der Waals surface area contributed by atoms with Gasteiger partial charge in [0.1, 0.15) is 0 Å². The Bertz CT molecular complexity index is 852. The molecule has 0 saturated heterocycles. The molecule has 8 heteroatoms. The van der Waals surface area contributed by atoms with Crippen LogP contribution >= 0.6 is 15.9 Å². The summed E-state index contributed by atoms with van der Waals surface area (Å²) in [5, 5.41) is 16.1. The van der Waals surface area contributed by atoms with Crippen molar-refractivity contribution in [2.75, 3.05) is 11.9 Å². The third-order valence-electron chi connectivity index (χ3n) is 3.21. The zero-order chi connectivity index (χ0) is 19.1. The number of nitrogens with one attached hydrogen (secondary N) is 2. The second-order valence-electron chi connectivity index (χ2n) is 5.31. The van der Waals surface area contributed by atoms with E-state index in [2.05, 4.69) is 31.8 Å². The fourth-order valence-electron chi connectivity index (χ4n) is 2.06. The first-order valence-corrected chi connectivity index (χ1v) is 8.56. The predicted molar refractivity (Wildman–Crippen MR) is 103 cm³/mol. The number of hydrazone groups is 1. The van der Waals surface area contributed by atoms with Crippen LogP contribution in [0.15, 0.2) is 46.0 Å². The Labute approximate surface area is 159 Å². The molecule has 0 fully saturated rings. The molecular formula is C18H18BrN3O4. The van der Waals surface area contributed by atoms with E-state index in [0.29, 0.717) is 22.3 Å². The van der Waals surface area contributed by atoms with Crippen LogP contribution in [-0.2, 0) is 9.59 Å². The van der Waals surface area contributed by atoms with Crippen LogP contribution in [0.3, 0.4) is 0 Å². The van der Waals surface area contributed by atoms with Crippen molar-refractivity contribution in [2.24, 2.45) is 5.10 Å². The van der Waals surface area contributed by atoms with E-state index in [9.17, 15) is 14.7 Å². The largest absolute Gasteiger partial charge is 0.503 e. The highest BCUT2D eigenvalue weighted by Crippen LogP contribution is 2.34. The van der Waals surface area contributed by atoms with Gasteiger partial charge in [0.05, 0.1) is 17.3 Å². The second-order valence-corrected chi connectivity index (χ2v) is 6.16. The molecule has 2 amide bonds. The fraction of sp³-hybridized carbons (Fsp3) is 0.167. The van der Waals surface area contributed by atoms with Crippen molar-refractivity contribution in [1.29, 1.82) is 0 Å². The van der Waals surface area contributed by atoms with Gasteiger partial charge in [-0.15, -0.1) is 0 Å². The number of amides is 2. The van der Waals surface area contributed by atoms with Gasteiger partial charge in [-0.1, -0.05) is 12.1 Å². The van der Waals surface area contributed by atoms with Gasteiger partial charge in [-0.05, 0) is 65.2 Å². The van der Waals surface area contributed by atoms with Crippen LogP contribution in [0.5, 0.6) is 11.5 Å². The summed E-state index contributed by atoms with van der Waals surface area (Å²) in [6.07, 6.45) is 1.34. The summed E-state index contributed by atoms with van der Waals surface area (Å²) < 4.78 is 5.73. The van der Waals surface area contributed by atoms with E-state index in [1.54, 1.807) is 37.3 Å². The highest BCUT2D eigenvalue weighted by Gasteiger charge is 2.13. The van der Waals surface area contributed by atoms with Gasteiger partial charge in [0.15, 0.2) is 11.5 Å². The molecule has 0 bridgehead atoms. The lowest BCUT2D eigenvalue weighted by molar-refractivity contribution is -0.136. The fourth-order valence-corrected chi connectivity index (χ4v) is 2.52. The van der Waals surface area contributed by atoms with Crippen molar-refractivity contribution in [3.63, 3.8) is 0 Å². The number of rotatable bonds is 5. The van der Waals surface area contributed by atoms with Gasteiger partial charge in [-0.25, -0.2) is 5.43 Å². The summed E-state index contributed by atoms with van der Waals surface area (Å²) in [5.41, 5.74) is 4.21. The van der Waals surface area contributed by atoms with Crippen molar-refractivity contribution in [2.45, 2.75) is 13.8 Å².